The van der Waals surface area contributed by atoms with Crippen LogP contribution in [0.15, 0.2) is 67.0 Å². The number of carbonyl (C=O) groups excluding carboxylic acids is 1. The van der Waals surface area contributed by atoms with E-state index in [1.165, 1.54) is 0 Å². The number of urea groups is 1. The Bertz CT molecular complexity index is 1350. The summed E-state index contributed by atoms with van der Waals surface area (Å²) >= 11 is 0. The first kappa shape index (κ1) is 20.7. The van der Waals surface area contributed by atoms with Gasteiger partial charge in [-0.05, 0) is 47.5 Å². The minimum atomic E-state index is -4.48. The highest BCUT2D eigenvalue weighted by Crippen LogP contribution is 2.36. The van der Waals surface area contributed by atoms with Gasteiger partial charge in [0.05, 0.1) is 11.9 Å². The first-order valence-corrected chi connectivity index (χ1v) is 9.95. The molecular weight excluding hydrogens is 437 g/mol. The molecule has 0 aliphatic carbocycles. The lowest BCUT2D eigenvalue weighted by atomic mass is 10.1. The van der Waals surface area contributed by atoms with Gasteiger partial charge in [0.15, 0.2) is 11.5 Å². The van der Waals surface area contributed by atoms with Crippen molar-refractivity contribution >= 4 is 17.4 Å². The highest BCUT2D eigenvalue weighted by atomic mass is 19.4. The quantitative estimate of drug-likeness (QED) is 0.451. The molecule has 2 aromatic carbocycles. The fourth-order valence-electron chi connectivity index (χ4n) is 3.56. The highest BCUT2D eigenvalue weighted by molar-refractivity contribution is 5.90. The van der Waals surface area contributed by atoms with Crippen molar-refractivity contribution < 1.29 is 27.4 Å². The molecule has 1 aliphatic heterocycles. The summed E-state index contributed by atoms with van der Waals surface area (Å²) in [6, 6.07) is 15.5. The molecule has 0 unspecified atom stereocenters. The first-order valence-electron chi connectivity index (χ1n) is 9.95. The van der Waals surface area contributed by atoms with Gasteiger partial charge in [-0.1, -0.05) is 18.2 Å². The molecule has 0 saturated carbocycles. The summed E-state index contributed by atoms with van der Waals surface area (Å²) in [7, 11) is 0. The number of halogens is 3. The van der Waals surface area contributed by atoms with Crippen LogP contribution in [-0.4, -0.2) is 34.9 Å². The zero-order valence-corrected chi connectivity index (χ0v) is 17.0. The van der Waals surface area contributed by atoms with E-state index in [0.717, 1.165) is 22.4 Å². The molecule has 2 aromatic heterocycles. The Morgan fingerprint density at radius 3 is 2.67 bits per heavy atom. The summed E-state index contributed by atoms with van der Waals surface area (Å²) in [5, 5.41) is 4.20. The molecule has 0 bridgehead atoms. The number of ether oxygens (including phenoxy) is 2. The lowest BCUT2D eigenvalue weighted by molar-refractivity contribution is -0.122. The van der Waals surface area contributed by atoms with E-state index in [4.69, 9.17) is 9.47 Å². The first-order chi connectivity index (χ1) is 15.9. The molecule has 0 spiro atoms. The smallest absolute Gasteiger partial charge is 0.405 e. The van der Waals surface area contributed by atoms with Gasteiger partial charge in [0.2, 0.25) is 6.79 Å². The molecule has 0 saturated heterocycles. The van der Waals surface area contributed by atoms with Crippen molar-refractivity contribution in [1.82, 2.24) is 14.7 Å². The molecule has 33 heavy (non-hydrogen) atoms. The second kappa shape index (κ2) is 8.05. The molecule has 2 amide bonds. The number of anilines is 1. The van der Waals surface area contributed by atoms with E-state index in [1.807, 2.05) is 47.0 Å². The number of alkyl halides is 3. The van der Waals surface area contributed by atoms with Crippen LogP contribution in [0, 0.1) is 0 Å². The Labute approximate surface area is 185 Å². The van der Waals surface area contributed by atoms with Crippen molar-refractivity contribution in [3.63, 3.8) is 0 Å². The average Bonchev–Trinajstić information content (AvgIpc) is 3.43. The molecule has 5 rings (SSSR count). The maximum Gasteiger partial charge on any atom is 0.405 e. The molecule has 0 fully saturated rings. The van der Waals surface area contributed by atoms with Crippen molar-refractivity contribution in [2.24, 2.45) is 0 Å². The van der Waals surface area contributed by atoms with E-state index in [2.05, 4.69) is 10.3 Å². The average molecular weight is 454 g/mol. The third-order valence-electron chi connectivity index (χ3n) is 5.08. The van der Waals surface area contributed by atoms with Crippen molar-refractivity contribution in [1.29, 1.82) is 0 Å². The number of carbonyl (C=O) groups is 1. The standard InChI is InChI=1S/C23H17F3N4O3/c24-23(25,26)12-28-22(31)29-17-3-1-2-16(8-17)18-11-27-21-10-15(6-7-30(18)21)14-4-5-19-20(9-14)33-13-32-19/h1-11H,12-13H2,(H2,28,29,31). The molecule has 168 valence electrons. The van der Waals surface area contributed by atoms with Gasteiger partial charge < -0.3 is 20.1 Å². The lowest BCUT2D eigenvalue weighted by Gasteiger charge is -2.11. The monoisotopic (exact) mass is 454 g/mol. The zero-order chi connectivity index (χ0) is 23.0. The van der Waals surface area contributed by atoms with Crippen molar-refractivity contribution in [3.8, 4) is 33.9 Å². The van der Waals surface area contributed by atoms with E-state index in [9.17, 15) is 18.0 Å². The van der Waals surface area contributed by atoms with Crippen molar-refractivity contribution in [3.05, 3.63) is 67.0 Å². The van der Waals surface area contributed by atoms with Gasteiger partial charge in [-0.25, -0.2) is 9.78 Å². The van der Waals surface area contributed by atoms with Gasteiger partial charge in [-0.15, -0.1) is 0 Å². The summed E-state index contributed by atoms with van der Waals surface area (Å²) in [4.78, 5) is 16.2. The van der Waals surface area contributed by atoms with Gasteiger partial charge in [0.1, 0.15) is 12.2 Å². The molecule has 0 radical (unpaired) electrons. The van der Waals surface area contributed by atoms with Crippen LogP contribution >= 0.6 is 0 Å². The molecule has 4 aromatic rings. The van der Waals surface area contributed by atoms with E-state index in [-0.39, 0.29) is 6.79 Å². The third kappa shape index (κ3) is 4.40. The Kier molecular flexibility index (Phi) is 5.04. The topological polar surface area (TPSA) is 76.9 Å². The van der Waals surface area contributed by atoms with Crippen LogP contribution in [0.3, 0.4) is 0 Å². The second-order valence-corrected chi connectivity index (χ2v) is 7.36. The van der Waals surface area contributed by atoms with E-state index >= 15 is 0 Å². The van der Waals surface area contributed by atoms with Crippen LogP contribution in [-0.2, 0) is 0 Å². The SMILES string of the molecule is O=C(NCC(F)(F)F)Nc1cccc(-c2cnc3cc(-c4ccc5c(c4)OCO5)ccn23)c1. The maximum absolute atomic E-state index is 12.3. The number of aromatic nitrogens is 2. The Balaban J connectivity index is 1.38. The number of fused-ring (bicyclic) bond motifs is 2. The number of imidazole rings is 1. The fourth-order valence-corrected chi connectivity index (χ4v) is 3.56. The van der Waals surface area contributed by atoms with Crippen LogP contribution in [0.2, 0.25) is 0 Å². The highest BCUT2D eigenvalue weighted by Gasteiger charge is 2.27. The molecule has 1 aliphatic rings. The van der Waals surface area contributed by atoms with Gasteiger partial charge in [-0.2, -0.15) is 13.2 Å². The minimum absolute atomic E-state index is 0.208. The minimum Gasteiger partial charge on any atom is -0.454 e. The molecule has 3 heterocycles. The molecule has 7 nitrogen and oxygen atoms in total. The van der Waals surface area contributed by atoms with Crippen molar-refractivity contribution in [2.45, 2.75) is 6.18 Å². The summed E-state index contributed by atoms with van der Waals surface area (Å²) < 4.78 is 49.5. The Hall–Kier alpha value is -4.21. The summed E-state index contributed by atoms with van der Waals surface area (Å²) in [6.45, 7) is -1.20. The number of benzene rings is 2. The number of amides is 2. The van der Waals surface area contributed by atoms with Gasteiger partial charge in [0.25, 0.3) is 0 Å². The Morgan fingerprint density at radius 1 is 1.00 bits per heavy atom. The number of pyridine rings is 1. The number of nitrogens with one attached hydrogen (secondary N) is 2. The summed E-state index contributed by atoms with van der Waals surface area (Å²) in [5.74, 6) is 1.41. The predicted octanol–water partition coefficient (Wildman–Crippen LogP) is 5.08. The van der Waals surface area contributed by atoms with Gasteiger partial charge in [0, 0.05) is 17.4 Å². The Morgan fingerprint density at radius 2 is 1.82 bits per heavy atom. The third-order valence-corrected chi connectivity index (χ3v) is 5.08. The summed E-state index contributed by atoms with van der Waals surface area (Å²) in [6.07, 6.45) is -0.898. The summed E-state index contributed by atoms with van der Waals surface area (Å²) in [5.41, 5.74) is 4.49. The maximum atomic E-state index is 12.3. The molecule has 2 N–H and O–H groups in total. The predicted molar refractivity (Wildman–Crippen MR) is 115 cm³/mol. The number of hydrogen-bond acceptors (Lipinski definition) is 4. The largest absolute Gasteiger partial charge is 0.454 e. The zero-order valence-electron chi connectivity index (χ0n) is 17.0. The normalized spacial score (nSPS) is 12.7. The van der Waals surface area contributed by atoms with E-state index in [0.29, 0.717) is 22.8 Å². The number of rotatable bonds is 4. The van der Waals surface area contributed by atoms with Crippen LogP contribution < -0.4 is 20.1 Å². The van der Waals surface area contributed by atoms with Crippen LogP contribution in [0.5, 0.6) is 11.5 Å². The van der Waals surface area contributed by atoms with Crippen LogP contribution in [0.25, 0.3) is 28.0 Å². The van der Waals surface area contributed by atoms with E-state index < -0.39 is 18.8 Å². The van der Waals surface area contributed by atoms with Gasteiger partial charge in [-0.3, -0.25) is 4.40 Å². The number of nitrogens with zero attached hydrogens (tertiary/aromatic N) is 2. The van der Waals surface area contributed by atoms with Gasteiger partial charge >= 0.3 is 12.2 Å². The molecule has 10 heteroatoms. The van der Waals surface area contributed by atoms with Crippen LogP contribution in [0.4, 0.5) is 23.7 Å². The lowest BCUT2D eigenvalue weighted by Crippen LogP contribution is -2.36. The second-order valence-electron chi connectivity index (χ2n) is 7.36. The molecular formula is C23H17F3N4O3. The molecule has 0 atom stereocenters. The van der Waals surface area contributed by atoms with E-state index in [1.54, 1.807) is 29.7 Å². The van der Waals surface area contributed by atoms with Crippen LogP contribution in [0.1, 0.15) is 0 Å². The van der Waals surface area contributed by atoms with Crippen molar-refractivity contribution in [2.75, 3.05) is 18.7 Å². The number of hydrogen-bond donors (Lipinski definition) is 2. The fraction of sp³-hybridized carbons (Fsp3) is 0.130.